The van der Waals surface area contributed by atoms with Crippen molar-refractivity contribution in [2.24, 2.45) is 0 Å². The van der Waals surface area contributed by atoms with Gasteiger partial charge in [-0.05, 0) is 67.4 Å². The van der Waals surface area contributed by atoms with Gasteiger partial charge >= 0.3 is 0 Å². The summed E-state index contributed by atoms with van der Waals surface area (Å²) in [6.07, 6.45) is 0. The van der Waals surface area contributed by atoms with Gasteiger partial charge in [-0.15, -0.1) is 0 Å². The van der Waals surface area contributed by atoms with Crippen molar-refractivity contribution in [3.05, 3.63) is 119 Å². The summed E-state index contributed by atoms with van der Waals surface area (Å²) in [5, 5.41) is 0. The molecule has 4 rings (SSSR count). The van der Waals surface area contributed by atoms with Crippen LogP contribution >= 0.6 is 0 Å². The Kier molecular flexibility index (Phi) is 5.76. The van der Waals surface area contributed by atoms with Crippen molar-refractivity contribution < 1.29 is 14.3 Å². The second-order valence-electron chi connectivity index (χ2n) is 7.48. The number of rotatable bonds is 6. The highest BCUT2D eigenvalue weighted by molar-refractivity contribution is 6.10. The van der Waals surface area contributed by atoms with Gasteiger partial charge in [-0.3, -0.25) is 9.59 Å². The molecule has 3 nitrogen and oxygen atoms in total. The number of Topliss-reactive ketones (excluding diaryl/α,β-unsaturated/α-hetero) is 1. The molecule has 4 aromatic rings. The minimum absolute atomic E-state index is 0.0632. The van der Waals surface area contributed by atoms with E-state index in [1.807, 2.05) is 24.3 Å². The van der Waals surface area contributed by atoms with Crippen LogP contribution in [-0.4, -0.2) is 11.6 Å². The van der Waals surface area contributed by atoms with Gasteiger partial charge in [0, 0.05) is 16.7 Å². The molecule has 0 saturated carbocycles. The SMILES string of the molecule is CC(=O)c1cccc(C(=O)c2ccc(Oc3ccc(-c4ccc(C)cc4)cc3)cc2)c1. The number of carbonyl (C=O) groups excluding carboxylic acids is 2. The molecule has 0 heterocycles. The van der Waals surface area contributed by atoms with Crippen molar-refractivity contribution in [1.29, 1.82) is 0 Å². The third kappa shape index (κ3) is 4.78. The molecule has 0 bridgehead atoms. The van der Waals surface area contributed by atoms with Crippen LogP contribution in [0.15, 0.2) is 97.1 Å². The van der Waals surface area contributed by atoms with E-state index in [1.54, 1.807) is 48.5 Å². The summed E-state index contributed by atoms with van der Waals surface area (Å²) in [6.45, 7) is 3.56. The van der Waals surface area contributed by atoms with Crippen molar-refractivity contribution in [3.8, 4) is 22.6 Å². The van der Waals surface area contributed by atoms with E-state index in [9.17, 15) is 9.59 Å². The summed E-state index contributed by atoms with van der Waals surface area (Å²) in [7, 11) is 0. The van der Waals surface area contributed by atoms with Crippen LogP contribution in [0.1, 0.15) is 38.8 Å². The Morgan fingerprint density at radius 2 is 1.13 bits per heavy atom. The fraction of sp³-hybridized carbons (Fsp3) is 0.0714. The van der Waals surface area contributed by atoms with E-state index < -0.39 is 0 Å². The Hall–Kier alpha value is -3.98. The maximum absolute atomic E-state index is 12.7. The van der Waals surface area contributed by atoms with E-state index in [2.05, 4.69) is 31.2 Å². The lowest BCUT2D eigenvalue weighted by Gasteiger charge is -2.08. The van der Waals surface area contributed by atoms with Crippen LogP contribution in [0, 0.1) is 6.92 Å². The molecule has 31 heavy (non-hydrogen) atoms. The largest absolute Gasteiger partial charge is 0.457 e. The normalized spacial score (nSPS) is 10.5. The van der Waals surface area contributed by atoms with Gasteiger partial charge in [-0.2, -0.15) is 0 Å². The smallest absolute Gasteiger partial charge is 0.193 e. The number of benzene rings is 4. The fourth-order valence-electron chi connectivity index (χ4n) is 3.32. The lowest BCUT2D eigenvalue weighted by Crippen LogP contribution is -2.03. The van der Waals surface area contributed by atoms with E-state index in [0.717, 1.165) is 16.9 Å². The quantitative estimate of drug-likeness (QED) is 0.328. The minimum Gasteiger partial charge on any atom is -0.457 e. The van der Waals surface area contributed by atoms with Gasteiger partial charge < -0.3 is 4.74 Å². The second kappa shape index (κ2) is 8.80. The Balaban J connectivity index is 1.46. The van der Waals surface area contributed by atoms with Crippen LogP contribution in [0.2, 0.25) is 0 Å². The highest BCUT2D eigenvalue weighted by Gasteiger charge is 2.11. The maximum atomic E-state index is 12.7. The summed E-state index contributed by atoms with van der Waals surface area (Å²) in [5.41, 5.74) is 5.09. The molecule has 0 saturated heterocycles. The number of aryl methyl sites for hydroxylation is 1. The van der Waals surface area contributed by atoms with E-state index in [1.165, 1.54) is 12.5 Å². The van der Waals surface area contributed by atoms with Crippen LogP contribution in [0.3, 0.4) is 0 Å². The van der Waals surface area contributed by atoms with Crippen LogP contribution in [0.25, 0.3) is 11.1 Å². The van der Waals surface area contributed by atoms with Gasteiger partial charge in [0.2, 0.25) is 0 Å². The highest BCUT2D eigenvalue weighted by Crippen LogP contribution is 2.26. The Labute approximate surface area is 181 Å². The van der Waals surface area contributed by atoms with Crippen molar-refractivity contribution in [2.75, 3.05) is 0 Å². The topological polar surface area (TPSA) is 43.4 Å². The van der Waals surface area contributed by atoms with Gasteiger partial charge in [0.1, 0.15) is 11.5 Å². The molecule has 0 unspecified atom stereocenters. The zero-order chi connectivity index (χ0) is 21.8. The predicted molar refractivity (Wildman–Crippen MR) is 123 cm³/mol. The Bertz CT molecular complexity index is 1220. The standard InChI is InChI=1S/C28H22O3/c1-19-6-8-21(9-7-19)22-10-14-26(15-11-22)31-27-16-12-23(13-17-27)28(30)25-5-3-4-24(18-25)20(2)29/h3-18H,1-2H3. The summed E-state index contributed by atoms with van der Waals surface area (Å²) in [4.78, 5) is 24.3. The molecular formula is C28H22O3. The zero-order valence-corrected chi connectivity index (χ0v) is 17.5. The average molecular weight is 406 g/mol. The first-order valence-electron chi connectivity index (χ1n) is 10.1. The van der Waals surface area contributed by atoms with E-state index in [4.69, 9.17) is 4.74 Å². The summed E-state index contributed by atoms with van der Waals surface area (Å²) in [6, 6.07) is 30.1. The van der Waals surface area contributed by atoms with Crippen molar-refractivity contribution in [1.82, 2.24) is 0 Å². The van der Waals surface area contributed by atoms with Crippen LogP contribution in [0.4, 0.5) is 0 Å². The molecule has 0 N–H and O–H groups in total. The number of hydrogen-bond acceptors (Lipinski definition) is 3. The summed E-state index contributed by atoms with van der Waals surface area (Å²) < 4.78 is 5.92. The monoisotopic (exact) mass is 406 g/mol. The molecule has 0 aliphatic carbocycles. The minimum atomic E-state index is -0.128. The van der Waals surface area contributed by atoms with Crippen LogP contribution in [0.5, 0.6) is 11.5 Å². The first-order chi connectivity index (χ1) is 15.0. The highest BCUT2D eigenvalue weighted by atomic mass is 16.5. The molecule has 0 amide bonds. The number of hydrogen-bond donors (Lipinski definition) is 0. The second-order valence-corrected chi connectivity index (χ2v) is 7.48. The molecule has 0 fully saturated rings. The summed E-state index contributed by atoms with van der Waals surface area (Å²) in [5.74, 6) is 1.19. The molecular weight excluding hydrogens is 384 g/mol. The third-order valence-electron chi connectivity index (χ3n) is 5.12. The number of ether oxygens (including phenoxy) is 1. The molecule has 0 radical (unpaired) electrons. The lowest BCUT2D eigenvalue weighted by atomic mass is 10.0. The molecule has 0 atom stereocenters. The molecule has 0 aromatic heterocycles. The summed E-state index contributed by atoms with van der Waals surface area (Å²) >= 11 is 0. The maximum Gasteiger partial charge on any atom is 0.193 e. The van der Waals surface area contributed by atoms with Crippen LogP contribution < -0.4 is 4.74 Å². The Morgan fingerprint density at radius 1 is 0.613 bits per heavy atom. The van der Waals surface area contributed by atoms with Gasteiger partial charge in [0.05, 0.1) is 0 Å². The van der Waals surface area contributed by atoms with Crippen molar-refractivity contribution in [3.63, 3.8) is 0 Å². The van der Waals surface area contributed by atoms with Crippen molar-refractivity contribution in [2.45, 2.75) is 13.8 Å². The number of carbonyl (C=O) groups is 2. The molecule has 4 aromatic carbocycles. The van der Waals surface area contributed by atoms with Gasteiger partial charge in [-0.1, -0.05) is 60.2 Å². The van der Waals surface area contributed by atoms with Crippen LogP contribution in [-0.2, 0) is 0 Å². The Morgan fingerprint density at radius 3 is 1.71 bits per heavy atom. The lowest BCUT2D eigenvalue weighted by molar-refractivity contribution is 0.101. The van der Waals surface area contributed by atoms with E-state index >= 15 is 0 Å². The zero-order valence-electron chi connectivity index (χ0n) is 17.5. The molecule has 0 aliphatic heterocycles. The van der Waals surface area contributed by atoms with E-state index in [0.29, 0.717) is 22.4 Å². The molecule has 0 aliphatic rings. The van der Waals surface area contributed by atoms with Gasteiger partial charge in [-0.25, -0.2) is 0 Å². The third-order valence-corrected chi connectivity index (χ3v) is 5.12. The molecule has 152 valence electrons. The van der Waals surface area contributed by atoms with Gasteiger partial charge in [0.15, 0.2) is 11.6 Å². The average Bonchev–Trinajstić information content (AvgIpc) is 2.80. The number of ketones is 2. The van der Waals surface area contributed by atoms with Gasteiger partial charge in [0.25, 0.3) is 0 Å². The van der Waals surface area contributed by atoms with E-state index in [-0.39, 0.29) is 11.6 Å². The molecule has 0 spiro atoms. The van der Waals surface area contributed by atoms with Crippen molar-refractivity contribution >= 4 is 11.6 Å². The first kappa shape index (κ1) is 20.3. The first-order valence-corrected chi connectivity index (χ1v) is 10.1. The predicted octanol–water partition coefficient (Wildman–Crippen LogP) is 6.89. The molecule has 3 heteroatoms. The fourth-order valence-corrected chi connectivity index (χ4v) is 3.32.